The molecule has 1 aromatic heterocycles. The second kappa shape index (κ2) is 4.18. The van der Waals surface area contributed by atoms with E-state index in [1.807, 2.05) is 6.07 Å². The molecule has 3 aliphatic heterocycles. The second-order valence-corrected chi connectivity index (χ2v) is 5.04. The zero-order valence-electron chi connectivity index (χ0n) is 9.06. The van der Waals surface area contributed by atoms with E-state index in [1.54, 1.807) is 6.20 Å². The predicted molar refractivity (Wildman–Crippen MR) is 63.6 cm³/mol. The van der Waals surface area contributed by atoms with Gasteiger partial charge in [-0.05, 0) is 31.8 Å². The smallest absolute Gasteiger partial charge is 0.153 e. The summed E-state index contributed by atoms with van der Waals surface area (Å²) in [7, 11) is 0. The molecule has 0 aliphatic carbocycles. The number of fused-ring (bicyclic) bond motifs is 3. The molecule has 1 atom stereocenters. The third-order valence-corrected chi connectivity index (χ3v) is 3.82. The lowest BCUT2D eigenvalue weighted by Crippen LogP contribution is -2.53. The lowest BCUT2D eigenvalue weighted by atomic mass is 9.84. The monoisotopic (exact) mass is 238 g/mol. The van der Waals surface area contributed by atoms with Gasteiger partial charge in [0.1, 0.15) is 0 Å². The van der Waals surface area contributed by atoms with Crippen LogP contribution in [-0.4, -0.2) is 40.8 Å². The SMILES string of the molecule is Clc1cc(NC2CN3CCC2CC3)cnn1. The van der Waals surface area contributed by atoms with E-state index in [4.69, 9.17) is 11.6 Å². The largest absolute Gasteiger partial charge is 0.379 e. The molecular formula is C11H15ClN4. The first kappa shape index (κ1) is 10.3. The quantitative estimate of drug-likeness (QED) is 0.851. The highest BCUT2D eigenvalue weighted by atomic mass is 35.5. The molecule has 3 saturated heterocycles. The Bertz CT molecular complexity index is 376. The Balaban J connectivity index is 1.71. The number of anilines is 1. The first-order chi connectivity index (χ1) is 7.81. The van der Waals surface area contributed by atoms with Gasteiger partial charge in [0.15, 0.2) is 5.15 Å². The van der Waals surface area contributed by atoms with Crippen molar-refractivity contribution in [3.05, 3.63) is 17.4 Å². The lowest BCUT2D eigenvalue weighted by molar-refractivity contribution is 0.0975. The van der Waals surface area contributed by atoms with Crippen molar-refractivity contribution in [2.24, 2.45) is 5.92 Å². The maximum Gasteiger partial charge on any atom is 0.153 e. The average Bonchev–Trinajstić information content (AvgIpc) is 2.30. The zero-order valence-corrected chi connectivity index (χ0v) is 9.82. The van der Waals surface area contributed by atoms with Crippen molar-refractivity contribution in [2.45, 2.75) is 18.9 Å². The zero-order chi connectivity index (χ0) is 11.0. The van der Waals surface area contributed by atoms with Gasteiger partial charge in [-0.1, -0.05) is 11.6 Å². The van der Waals surface area contributed by atoms with Crippen LogP contribution in [0.4, 0.5) is 5.69 Å². The Kier molecular flexibility index (Phi) is 2.69. The normalized spacial score (nSPS) is 32.7. The van der Waals surface area contributed by atoms with Gasteiger partial charge < -0.3 is 10.2 Å². The molecule has 0 spiro atoms. The van der Waals surface area contributed by atoms with Crippen LogP contribution in [0.1, 0.15) is 12.8 Å². The number of hydrogen-bond acceptors (Lipinski definition) is 4. The van der Waals surface area contributed by atoms with Crippen molar-refractivity contribution in [1.82, 2.24) is 15.1 Å². The van der Waals surface area contributed by atoms with Crippen LogP contribution in [0, 0.1) is 5.92 Å². The number of piperidine rings is 3. The first-order valence-corrected chi connectivity index (χ1v) is 6.16. The standard InChI is InChI=1S/C11H15ClN4/c12-11-5-9(6-13-15-11)14-10-7-16-3-1-8(10)2-4-16/h5-6,8,10H,1-4,7H2,(H,14,15). The molecule has 3 fully saturated rings. The molecule has 4 heterocycles. The van der Waals surface area contributed by atoms with Crippen LogP contribution in [0.5, 0.6) is 0 Å². The number of rotatable bonds is 2. The first-order valence-electron chi connectivity index (χ1n) is 5.78. The molecule has 2 bridgehead atoms. The molecule has 4 nitrogen and oxygen atoms in total. The van der Waals surface area contributed by atoms with Gasteiger partial charge in [0, 0.05) is 18.7 Å². The summed E-state index contributed by atoms with van der Waals surface area (Å²) in [5.74, 6) is 0.803. The molecule has 5 heteroatoms. The molecule has 3 aliphatic rings. The summed E-state index contributed by atoms with van der Waals surface area (Å²) < 4.78 is 0. The summed E-state index contributed by atoms with van der Waals surface area (Å²) in [5.41, 5.74) is 0.985. The molecule has 1 aromatic rings. The number of halogens is 1. The van der Waals surface area contributed by atoms with Gasteiger partial charge >= 0.3 is 0 Å². The van der Waals surface area contributed by atoms with Crippen LogP contribution >= 0.6 is 11.6 Å². The van der Waals surface area contributed by atoms with E-state index < -0.39 is 0 Å². The molecule has 86 valence electrons. The van der Waals surface area contributed by atoms with Crippen LogP contribution in [0.15, 0.2) is 12.3 Å². The van der Waals surface area contributed by atoms with E-state index in [9.17, 15) is 0 Å². The van der Waals surface area contributed by atoms with E-state index in [0.29, 0.717) is 11.2 Å². The average molecular weight is 239 g/mol. The predicted octanol–water partition coefficient (Wildman–Crippen LogP) is 1.64. The number of aromatic nitrogens is 2. The minimum atomic E-state index is 0.450. The van der Waals surface area contributed by atoms with Gasteiger partial charge in [0.05, 0.1) is 11.9 Å². The Morgan fingerprint density at radius 3 is 2.81 bits per heavy atom. The van der Waals surface area contributed by atoms with Crippen molar-refractivity contribution in [3.63, 3.8) is 0 Å². The molecule has 0 amide bonds. The van der Waals surface area contributed by atoms with Crippen molar-refractivity contribution >= 4 is 17.3 Å². The van der Waals surface area contributed by atoms with Gasteiger partial charge in [-0.15, -0.1) is 5.10 Å². The van der Waals surface area contributed by atoms with E-state index in [2.05, 4.69) is 20.4 Å². The Hall–Kier alpha value is -0.870. The molecule has 0 saturated carbocycles. The molecular weight excluding hydrogens is 224 g/mol. The van der Waals surface area contributed by atoms with Crippen molar-refractivity contribution < 1.29 is 0 Å². The van der Waals surface area contributed by atoms with E-state index in [1.165, 1.54) is 25.9 Å². The van der Waals surface area contributed by atoms with Crippen LogP contribution in [0.25, 0.3) is 0 Å². The van der Waals surface area contributed by atoms with E-state index >= 15 is 0 Å². The molecule has 0 radical (unpaired) electrons. The maximum absolute atomic E-state index is 5.82. The minimum Gasteiger partial charge on any atom is -0.379 e. The third-order valence-electron chi connectivity index (χ3n) is 3.63. The van der Waals surface area contributed by atoms with E-state index in [0.717, 1.165) is 18.2 Å². The fraction of sp³-hybridized carbons (Fsp3) is 0.636. The van der Waals surface area contributed by atoms with Gasteiger partial charge in [-0.2, -0.15) is 5.10 Å². The summed E-state index contributed by atoms with van der Waals surface area (Å²) in [5, 5.41) is 11.6. The lowest BCUT2D eigenvalue weighted by Gasteiger charge is -2.45. The Morgan fingerprint density at radius 2 is 2.19 bits per heavy atom. The van der Waals surface area contributed by atoms with Crippen LogP contribution in [0.2, 0.25) is 5.15 Å². The fourth-order valence-corrected chi connectivity index (χ4v) is 2.92. The van der Waals surface area contributed by atoms with Gasteiger partial charge in [0.25, 0.3) is 0 Å². The summed E-state index contributed by atoms with van der Waals surface area (Å²) >= 11 is 5.82. The minimum absolute atomic E-state index is 0.450. The van der Waals surface area contributed by atoms with E-state index in [-0.39, 0.29) is 0 Å². The van der Waals surface area contributed by atoms with Crippen LogP contribution < -0.4 is 5.32 Å². The van der Waals surface area contributed by atoms with Gasteiger partial charge in [-0.3, -0.25) is 0 Å². The van der Waals surface area contributed by atoms with Gasteiger partial charge in [-0.25, -0.2) is 0 Å². The Labute approximate surface area is 100.0 Å². The molecule has 16 heavy (non-hydrogen) atoms. The summed E-state index contributed by atoms with van der Waals surface area (Å²) in [6.07, 6.45) is 4.36. The maximum atomic E-state index is 5.82. The summed E-state index contributed by atoms with van der Waals surface area (Å²) in [6.45, 7) is 3.67. The summed E-state index contributed by atoms with van der Waals surface area (Å²) in [4.78, 5) is 2.52. The van der Waals surface area contributed by atoms with Crippen LogP contribution in [0.3, 0.4) is 0 Å². The topological polar surface area (TPSA) is 41.0 Å². The van der Waals surface area contributed by atoms with Gasteiger partial charge in [0.2, 0.25) is 0 Å². The third kappa shape index (κ3) is 1.99. The highest BCUT2D eigenvalue weighted by Gasteiger charge is 2.33. The highest BCUT2D eigenvalue weighted by Crippen LogP contribution is 2.29. The second-order valence-electron chi connectivity index (χ2n) is 4.66. The number of hydrogen-bond donors (Lipinski definition) is 1. The number of nitrogens with one attached hydrogen (secondary N) is 1. The van der Waals surface area contributed by atoms with Crippen molar-refractivity contribution in [2.75, 3.05) is 25.0 Å². The Morgan fingerprint density at radius 1 is 1.38 bits per heavy atom. The molecule has 1 unspecified atom stereocenters. The molecule has 4 rings (SSSR count). The molecule has 1 N–H and O–H groups in total. The molecule has 0 aromatic carbocycles. The van der Waals surface area contributed by atoms with Crippen molar-refractivity contribution in [1.29, 1.82) is 0 Å². The van der Waals surface area contributed by atoms with Crippen LogP contribution in [-0.2, 0) is 0 Å². The van der Waals surface area contributed by atoms with Crippen molar-refractivity contribution in [3.8, 4) is 0 Å². The summed E-state index contributed by atoms with van der Waals surface area (Å²) in [6, 6.07) is 2.38. The number of nitrogens with zero attached hydrogens (tertiary/aromatic N) is 3. The highest BCUT2D eigenvalue weighted by molar-refractivity contribution is 6.29. The fourth-order valence-electron chi connectivity index (χ4n) is 2.76.